The maximum absolute atomic E-state index is 13.2. The molecule has 3 heterocycles. The van der Waals surface area contributed by atoms with Gasteiger partial charge < -0.3 is 15.5 Å². The average Bonchev–Trinajstić information content (AvgIpc) is 3.40. The highest BCUT2D eigenvalue weighted by molar-refractivity contribution is 7.08. The van der Waals surface area contributed by atoms with Crippen LogP contribution in [-0.2, 0) is 0 Å². The molecule has 0 radical (unpaired) electrons. The normalized spacial score (nSPS) is 13.4. The van der Waals surface area contributed by atoms with E-state index in [2.05, 4.69) is 56.7 Å². The standard InChI is InChI=1S/C30H30N4O2S/c1-19(2)32-28-11-10-24(15-31-28)29(35)33-27-14-23(5-4-20(27)3)30(36)34-16-26(17-34)22-8-6-21(7-9-22)25-12-13-37-18-25/h4-15,18-19,26H,16-17H2,1-3H3,(H,31,32)(H,33,35). The zero-order chi connectivity index (χ0) is 25.9. The minimum absolute atomic E-state index is 0.0209. The van der Waals surface area contributed by atoms with E-state index in [0.717, 1.165) is 11.4 Å². The molecule has 37 heavy (non-hydrogen) atoms. The Kier molecular flexibility index (Phi) is 7.06. The van der Waals surface area contributed by atoms with Crippen LogP contribution < -0.4 is 10.6 Å². The number of likely N-dealkylation sites (tertiary alicyclic amines) is 1. The summed E-state index contributed by atoms with van der Waals surface area (Å²) < 4.78 is 0. The van der Waals surface area contributed by atoms with Crippen molar-refractivity contribution in [2.24, 2.45) is 0 Å². The number of aromatic nitrogens is 1. The zero-order valence-corrected chi connectivity index (χ0v) is 22.0. The molecule has 1 fully saturated rings. The van der Waals surface area contributed by atoms with E-state index in [1.807, 2.05) is 37.8 Å². The molecule has 0 aliphatic carbocycles. The molecule has 188 valence electrons. The van der Waals surface area contributed by atoms with Crippen molar-refractivity contribution in [2.45, 2.75) is 32.7 Å². The summed E-state index contributed by atoms with van der Waals surface area (Å²) in [6, 6.07) is 20.0. The second-order valence-corrected chi connectivity index (χ2v) is 10.5. The Labute approximate surface area is 221 Å². The number of benzene rings is 2. The van der Waals surface area contributed by atoms with E-state index in [4.69, 9.17) is 0 Å². The molecule has 6 nitrogen and oxygen atoms in total. The number of nitrogens with one attached hydrogen (secondary N) is 2. The maximum atomic E-state index is 13.2. The van der Waals surface area contributed by atoms with Gasteiger partial charge in [0.15, 0.2) is 0 Å². The van der Waals surface area contributed by atoms with Crippen molar-refractivity contribution in [1.29, 1.82) is 0 Å². The summed E-state index contributed by atoms with van der Waals surface area (Å²) in [4.78, 5) is 32.1. The van der Waals surface area contributed by atoms with Gasteiger partial charge in [-0.3, -0.25) is 9.59 Å². The summed E-state index contributed by atoms with van der Waals surface area (Å²) in [6.45, 7) is 7.35. The first-order valence-electron chi connectivity index (χ1n) is 12.4. The molecule has 1 saturated heterocycles. The molecule has 2 aromatic carbocycles. The van der Waals surface area contributed by atoms with Crippen molar-refractivity contribution < 1.29 is 9.59 Å². The van der Waals surface area contributed by atoms with Crippen LogP contribution in [-0.4, -0.2) is 40.8 Å². The van der Waals surface area contributed by atoms with E-state index >= 15 is 0 Å². The Hall–Kier alpha value is -3.97. The monoisotopic (exact) mass is 510 g/mol. The first kappa shape index (κ1) is 24.7. The van der Waals surface area contributed by atoms with Gasteiger partial charge in [0.25, 0.3) is 11.8 Å². The third-order valence-corrected chi connectivity index (χ3v) is 7.28. The molecule has 0 atom stereocenters. The summed E-state index contributed by atoms with van der Waals surface area (Å²) in [6.07, 6.45) is 1.55. The molecule has 4 aromatic rings. The van der Waals surface area contributed by atoms with Gasteiger partial charge in [-0.1, -0.05) is 30.3 Å². The second-order valence-electron chi connectivity index (χ2n) is 9.76. The van der Waals surface area contributed by atoms with E-state index in [-0.39, 0.29) is 17.9 Å². The molecule has 2 N–H and O–H groups in total. The molecule has 7 heteroatoms. The number of carbonyl (C=O) groups excluding carboxylic acids is 2. The van der Waals surface area contributed by atoms with Gasteiger partial charge >= 0.3 is 0 Å². The highest BCUT2D eigenvalue weighted by Crippen LogP contribution is 2.31. The number of hydrogen-bond acceptors (Lipinski definition) is 5. The van der Waals surface area contributed by atoms with Crippen LogP contribution in [0.3, 0.4) is 0 Å². The first-order valence-corrected chi connectivity index (χ1v) is 13.4. The lowest BCUT2D eigenvalue weighted by molar-refractivity contribution is 0.0602. The number of nitrogens with zero attached hydrogens (tertiary/aromatic N) is 2. The van der Waals surface area contributed by atoms with Crippen LogP contribution in [0.15, 0.2) is 77.6 Å². The first-order chi connectivity index (χ1) is 17.9. The van der Waals surface area contributed by atoms with Gasteiger partial charge in [-0.05, 0) is 84.1 Å². The van der Waals surface area contributed by atoms with Crippen molar-refractivity contribution in [1.82, 2.24) is 9.88 Å². The summed E-state index contributed by atoms with van der Waals surface area (Å²) in [5, 5.41) is 10.4. The van der Waals surface area contributed by atoms with Crippen LogP contribution in [0.2, 0.25) is 0 Å². The highest BCUT2D eigenvalue weighted by Gasteiger charge is 2.32. The summed E-state index contributed by atoms with van der Waals surface area (Å²) in [5.41, 5.74) is 6.25. The van der Waals surface area contributed by atoms with E-state index in [9.17, 15) is 9.59 Å². The Morgan fingerprint density at radius 1 is 0.973 bits per heavy atom. The van der Waals surface area contributed by atoms with Crippen molar-refractivity contribution in [3.8, 4) is 11.1 Å². The predicted molar refractivity (Wildman–Crippen MR) is 151 cm³/mol. The number of anilines is 2. The van der Waals surface area contributed by atoms with Crippen molar-refractivity contribution in [3.05, 3.63) is 99.9 Å². The number of rotatable bonds is 7. The number of hydrogen-bond donors (Lipinski definition) is 2. The largest absolute Gasteiger partial charge is 0.368 e. The third kappa shape index (κ3) is 5.57. The van der Waals surface area contributed by atoms with Crippen LogP contribution in [0.4, 0.5) is 11.5 Å². The van der Waals surface area contributed by atoms with Gasteiger partial charge in [-0.15, -0.1) is 0 Å². The van der Waals surface area contributed by atoms with E-state index in [1.54, 1.807) is 35.7 Å². The Bertz CT molecular complexity index is 1390. The molecule has 0 spiro atoms. The van der Waals surface area contributed by atoms with Gasteiger partial charge in [0.1, 0.15) is 5.82 Å². The molecular formula is C30H30N4O2S. The van der Waals surface area contributed by atoms with Gasteiger partial charge in [0, 0.05) is 42.5 Å². The van der Waals surface area contributed by atoms with Gasteiger partial charge in [0.2, 0.25) is 0 Å². The lowest BCUT2D eigenvalue weighted by atomic mass is 9.89. The fraction of sp³-hybridized carbons (Fsp3) is 0.233. The zero-order valence-electron chi connectivity index (χ0n) is 21.2. The molecular weight excluding hydrogens is 480 g/mol. The fourth-order valence-corrected chi connectivity index (χ4v) is 5.07. The summed E-state index contributed by atoms with van der Waals surface area (Å²) >= 11 is 1.70. The fourth-order valence-electron chi connectivity index (χ4n) is 4.41. The van der Waals surface area contributed by atoms with Crippen molar-refractivity contribution in [3.63, 3.8) is 0 Å². The van der Waals surface area contributed by atoms with Gasteiger partial charge in [-0.2, -0.15) is 11.3 Å². The van der Waals surface area contributed by atoms with E-state index < -0.39 is 0 Å². The van der Waals surface area contributed by atoms with Crippen molar-refractivity contribution in [2.75, 3.05) is 23.7 Å². The number of pyridine rings is 1. The van der Waals surface area contributed by atoms with Crippen LogP contribution >= 0.6 is 11.3 Å². The van der Waals surface area contributed by atoms with Crippen LogP contribution in [0, 0.1) is 6.92 Å². The molecule has 0 bridgehead atoms. The van der Waals surface area contributed by atoms with E-state index in [1.165, 1.54) is 16.7 Å². The molecule has 1 aliphatic rings. The lowest BCUT2D eigenvalue weighted by Crippen LogP contribution is -2.48. The van der Waals surface area contributed by atoms with Crippen molar-refractivity contribution >= 4 is 34.7 Å². The highest BCUT2D eigenvalue weighted by atomic mass is 32.1. The van der Waals surface area contributed by atoms with Crippen LogP contribution in [0.5, 0.6) is 0 Å². The van der Waals surface area contributed by atoms with E-state index in [0.29, 0.717) is 35.8 Å². The maximum Gasteiger partial charge on any atom is 0.257 e. The smallest absolute Gasteiger partial charge is 0.257 e. The van der Waals surface area contributed by atoms with Gasteiger partial charge in [-0.25, -0.2) is 4.98 Å². The predicted octanol–water partition coefficient (Wildman–Crippen LogP) is 6.43. The lowest BCUT2D eigenvalue weighted by Gasteiger charge is -2.39. The quantitative estimate of drug-likeness (QED) is 0.300. The van der Waals surface area contributed by atoms with Gasteiger partial charge in [0.05, 0.1) is 5.56 Å². The minimum atomic E-state index is -0.258. The molecule has 2 aromatic heterocycles. The Morgan fingerprint density at radius 3 is 2.38 bits per heavy atom. The Morgan fingerprint density at radius 2 is 1.73 bits per heavy atom. The average molecular weight is 511 g/mol. The topological polar surface area (TPSA) is 74.3 Å². The SMILES string of the molecule is Cc1ccc(C(=O)N2CC(c3ccc(-c4ccsc4)cc3)C2)cc1NC(=O)c1ccc(NC(C)C)nc1. The third-order valence-electron chi connectivity index (χ3n) is 6.60. The molecule has 1 aliphatic heterocycles. The molecule has 2 amide bonds. The minimum Gasteiger partial charge on any atom is -0.368 e. The summed E-state index contributed by atoms with van der Waals surface area (Å²) in [5.74, 6) is 0.783. The van der Waals surface area contributed by atoms with Crippen LogP contribution in [0.25, 0.3) is 11.1 Å². The van der Waals surface area contributed by atoms with Crippen LogP contribution in [0.1, 0.15) is 51.6 Å². The molecule has 5 rings (SSSR count). The number of amides is 2. The molecule has 0 unspecified atom stereocenters. The number of thiophene rings is 1. The number of carbonyl (C=O) groups is 2. The number of aryl methyl sites for hydroxylation is 1. The Balaban J connectivity index is 1.21. The summed E-state index contributed by atoms with van der Waals surface area (Å²) in [7, 11) is 0. The second kappa shape index (κ2) is 10.6. The molecule has 0 saturated carbocycles.